The molecular formula is C17H29N3O2. The Kier molecular flexibility index (Phi) is 4.66. The molecule has 1 aliphatic rings. The van der Waals surface area contributed by atoms with Gasteiger partial charge in [-0.3, -0.25) is 9.89 Å². The molecule has 1 fully saturated rings. The van der Waals surface area contributed by atoms with E-state index in [2.05, 4.69) is 36.3 Å². The number of rotatable bonds is 4. The largest absolute Gasteiger partial charge is 0.394 e. The first-order valence-electron chi connectivity index (χ1n) is 8.09. The lowest BCUT2D eigenvalue weighted by molar-refractivity contribution is -0.124. The molecule has 1 amide bonds. The van der Waals surface area contributed by atoms with Crippen molar-refractivity contribution >= 4 is 5.91 Å². The van der Waals surface area contributed by atoms with Crippen LogP contribution in [0, 0.1) is 25.2 Å². The summed E-state index contributed by atoms with van der Waals surface area (Å²) in [6.45, 7) is 10.4. The van der Waals surface area contributed by atoms with Crippen molar-refractivity contribution in [3.05, 3.63) is 17.0 Å². The van der Waals surface area contributed by atoms with Crippen LogP contribution in [-0.2, 0) is 11.2 Å². The van der Waals surface area contributed by atoms with E-state index in [1.165, 1.54) is 0 Å². The van der Waals surface area contributed by atoms with Gasteiger partial charge < -0.3 is 10.4 Å². The van der Waals surface area contributed by atoms with Gasteiger partial charge in [0.25, 0.3) is 0 Å². The Balaban J connectivity index is 2.11. The Labute approximate surface area is 132 Å². The van der Waals surface area contributed by atoms with Crippen molar-refractivity contribution in [2.24, 2.45) is 11.3 Å². The van der Waals surface area contributed by atoms with Crippen LogP contribution in [0.1, 0.15) is 57.0 Å². The van der Waals surface area contributed by atoms with Crippen molar-refractivity contribution < 1.29 is 9.90 Å². The molecule has 0 aliphatic heterocycles. The summed E-state index contributed by atoms with van der Waals surface area (Å²) in [6.07, 6.45) is 3.09. The Morgan fingerprint density at radius 2 is 2.09 bits per heavy atom. The summed E-state index contributed by atoms with van der Waals surface area (Å²) >= 11 is 0. The van der Waals surface area contributed by atoms with Gasteiger partial charge in [-0.15, -0.1) is 0 Å². The van der Waals surface area contributed by atoms with E-state index in [4.69, 9.17) is 0 Å². The Morgan fingerprint density at radius 3 is 2.59 bits per heavy atom. The first-order chi connectivity index (χ1) is 10.2. The predicted octanol–water partition coefficient (Wildman–Crippen LogP) is 2.26. The molecule has 1 saturated carbocycles. The smallest absolute Gasteiger partial charge is 0.225 e. The predicted molar refractivity (Wildman–Crippen MR) is 86.5 cm³/mol. The van der Waals surface area contributed by atoms with E-state index >= 15 is 0 Å². The highest BCUT2D eigenvalue weighted by Crippen LogP contribution is 2.43. The van der Waals surface area contributed by atoms with Crippen LogP contribution in [0.4, 0.5) is 0 Å². The number of H-pyrrole nitrogens is 1. The Hall–Kier alpha value is -1.36. The number of hydrogen-bond acceptors (Lipinski definition) is 3. The van der Waals surface area contributed by atoms with Gasteiger partial charge >= 0.3 is 0 Å². The van der Waals surface area contributed by atoms with Gasteiger partial charge in [0.2, 0.25) is 5.91 Å². The van der Waals surface area contributed by atoms with E-state index in [1.807, 2.05) is 13.8 Å². The lowest BCUT2D eigenvalue weighted by Gasteiger charge is -2.47. The van der Waals surface area contributed by atoms with Gasteiger partial charge in [-0.2, -0.15) is 5.10 Å². The monoisotopic (exact) mass is 307 g/mol. The fourth-order valence-corrected chi connectivity index (χ4v) is 4.33. The molecular weight excluding hydrogens is 278 g/mol. The zero-order chi connectivity index (χ0) is 16.5. The third-order valence-corrected chi connectivity index (χ3v) is 4.78. The number of amides is 1. The van der Waals surface area contributed by atoms with Gasteiger partial charge in [0.1, 0.15) is 0 Å². The third-order valence-electron chi connectivity index (χ3n) is 4.78. The van der Waals surface area contributed by atoms with Crippen molar-refractivity contribution in [1.82, 2.24) is 15.5 Å². The molecule has 1 aromatic heterocycles. The lowest BCUT2D eigenvalue weighted by Crippen LogP contribution is -2.57. The Morgan fingerprint density at radius 1 is 1.41 bits per heavy atom. The number of nitrogens with one attached hydrogen (secondary N) is 2. The minimum absolute atomic E-state index is 0.00411. The van der Waals surface area contributed by atoms with Crippen molar-refractivity contribution in [3.8, 4) is 0 Å². The zero-order valence-corrected chi connectivity index (χ0v) is 14.4. The van der Waals surface area contributed by atoms with Crippen LogP contribution in [0.5, 0.6) is 0 Å². The fraction of sp³-hybridized carbons (Fsp3) is 0.765. The lowest BCUT2D eigenvalue weighted by atomic mass is 9.64. The van der Waals surface area contributed by atoms with E-state index in [9.17, 15) is 9.90 Å². The second-order valence-corrected chi connectivity index (χ2v) is 7.93. The third kappa shape index (κ3) is 3.69. The number of aromatic nitrogens is 2. The van der Waals surface area contributed by atoms with Crippen LogP contribution in [0.15, 0.2) is 0 Å². The number of aliphatic hydroxyl groups is 1. The molecule has 124 valence electrons. The van der Waals surface area contributed by atoms with Crippen molar-refractivity contribution in [3.63, 3.8) is 0 Å². The van der Waals surface area contributed by atoms with E-state index in [0.717, 1.165) is 36.2 Å². The standard InChI is InChI=1S/C17H29N3O2/c1-11-7-16(4,5)9-17(8-11,10-21)18-15(22)6-14-12(2)19-20-13(14)3/h11,21H,6-10H2,1-5H3,(H,18,22)(H,19,20)/t11-,17+/m0/s1. The van der Waals surface area contributed by atoms with Gasteiger partial charge in [0.05, 0.1) is 24.3 Å². The summed E-state index contributed by atoms with van der Waals surface area (Å²) in [7, 11) is 0. The van der Waals surface area contributed by atoms with Crippen LogP contribution in [0.2, 0.25) is 0 Å². The van der Waals surface area contributed by atoms with Crippen LogP contribution >= 0.6 is 0 Å². The van der Waals surface area contributed by atoms with Gasteiger partial charge in [0.15, 0.2) is 0 Å². The molecule has 0 bridgehead atoms. The number of aliphatic hydroxyl groups excluding tert-OH is 1. The average molecular weight is 307 g/mol. The summed E-state index contributed by atoms with van der Waals surface area (Å²) in [5.74, 6) is 0.458. The SMILES string of the molecule is Cc1n[nH]c(C)c1CC(=O)N[C@]1(CO)C[C@@H](C)CC(C)(C)C1. The summed E-state index contributed by atoms with van der Waals surface area (Å²) in [5.41, 5.74) is 2.39. The highest BCUT2D eigenvalue weighted by Gasteiger charge is 2.43. The highest BCUT2D eigenvalue weighted by atomic mass is 16.3. The van der Waals surface area contributed by atoms with E-state index in [0.29, 0.717) is 12.3 Å². The van der Waals surface area contributed by atoms with Crippen LogP contribution in [-0.4, -0.2) is 33.4 Å². The molecule has 5 heteroatoms. The van der Waals surface area contributed by atoms with Crippen LogP contribution in [0.25, 0.3) is 0 Å². The summed E-state index contributed by atoms with van der Waals surface area (Å²) in [6, 6.07) is 0. The molecule has 1 aliphatic carbocycles. The molecule has 3 N–H and O–H groups in total. The quantitative estimate of drug-likeness (QED) is 0.798. The molecule has 0 radical (unpaired) electrons. The molecule has 2 atom stereocenters. The van der Waals surface area contributed by atoms with Gasteiger partial charge in [0, 0.05) is 11.3 Å². The minimum Gasteiger partial charge on any atom is -0.394 e. The number of carbonyl (C=O) groups excluding carboxylic acids is 1. The van der Waals surface area contributed by atoms with E-state index < -0.39 is 5.54 Å². The molecule has 5 nitrogen and oxygen atoms in total. The maximum Gasteiger partial charge on any atom is 0.225 e. The number of aryl methyl sites for hydroxylation is 2. The number of nitrogens with zero attached hydrogens (tertiary/aromatic N) is 1. The Bertz CT molecular complexity index is 531. The van der Waals surface area contributed by atoms with E-state index in [1.54, 1.807) is 0 Å². The number of aromatic amines is 1. The average Bonchev–Trinajstić information content (AvgIpc) is 2.68. The summed E-state index contributed by atoms with van der Waals surface area (Å²) in [4.78, 5) is 12.5. The number of carbonyl (C=O) groups is 1. The van der Waals surface area contributed by atoms with Crippen molar-refractivity contribution in [2.75, 3.05) is 6.61 Å². The van der Waals surface area contributed by atoms with Gasteiger partial charge in [-0.05, 0) is 44.4 Å². The van der Waals surface area contributed by atoms with E-state index in [-0.39, 0.29) is 17.9 Å². The van der Waals surface area contributed by atoms with Gasteiger partial charge in [-0.25, -0.2) is 0 Å². The maximum atomic E-state index is 12.5. The second kappa shape index (κ2) is 6.03. The first-order valence-corrected chi connectivity index (χ1v) is 8.09. The molecule has 2 rings (SSSR count). The molecule has 0 aromatic carbocycles. The fourth-order valence-electron chi connectivity index (χ4n) is 4.33. The van der Waals surface area contributed by atoms with Crippen LogP contribution < -0.4 is 5.32 Å². The van der Waals surface area contributed by atoms with Crippen molar-refractivity contribution in [1.29, 1.82) is 0 Å². The maximum absolute atomic E-state index is 12.5. The highest BCUT2D eigenvalue weighted by molar-refractivity contribution is 5.80. The zero-order valence-electron chi connectivity index (χ0n) is 14.4. The molecule has 1 aromatic rings. The summed E-state index contributed by atoms with van der Waals surface area (Å²) in [5, 5.41) is 20.1. The molecule has 0 saturated heterocycles. The second-order valence-electron chi connectivity index (χ2n) is 7.93. The van der Waals surface area contributed by atoms with Gasteiger partial charge in [-0.1, -0.05) is 20.8 Å². The molecule has 22 heavy (non-hydrogen) atoms. The molecule has 0 spiro atoms. The van der Waals surface area contributed by atoms with Crippen molar-refractivity contribution in [2.45, 2.75) is 65.8 Å². The summed E-state index contributed by atoms with van der Waals surface area (Å²) < 4.78 is 0. The number of hydrogen-bond donors (Lipinski definition) is 3. The first kappa shape index (κ1) is 17.0. The van der Waals surface area contributed by atoms with Crippen LogP contribution in [0.3, 0.4) is 0 Å². The minimum atomic E-state index is -0.496. The topological polar surface area (TPSA) is 78.0 Å². The molecule has 1 heterocycles. The normalized spacial score (nSPS) is 27.6. The molecule has 0 unspecified atom stereocenters.